The Balaban J connectivity index is 1.59. The Morgan fingerprint density at radius 3 is 2.31 bits per heavy atom. The molecule has 0 aliphatic carbocycles. The van der Waals surface area contributed by atoms with Crippen molar-refractivity contribution >= 4 is 34.8 Å². The molecule has 2 amide bonds. The van der Waals surface area contributed by atoms with Gasteiger partial charge in [0.1, 0.15) is 17.4 Å². The monoisotopic (exact) mass is 450 g/mol. The molecule has 2 aliphatic heterocycles. The van der Waals surface area contributed by atoms with E-state index in [1.165, 1.54) is 7.11 Å². The molecule has 162 valence electrons. The number of amides is 2. The smallest absolute Gasteiger partial charge is 0.266 e. The van der Waals surface area contributed by atoms with Crippen LogP contribution in [-0.2, 0) is 14.4 Å². The lowest BCUT2D eigenvalue weighted by Gasteiger charge is -2.29. The molecule has 0 unspecified atom stereocenters. The molecule has 32 heavy (non-hydrogen) atoms. The molecule has 0 aromatic heterocycles. The summed E-state index contributed by atoms with van der Waals surface area (Å²) in [6, 6.07) is 19.8. The molecule has 7 nitrogen and oxygen atoms in total. The quantitative estimate of drug-likeness (QED) is 0.603. The number of hydrogen-bond acceptors (Lipinski definition) is 6. The second-order valence-electron chi connectivity index (χ2n) is 7.57. The number of ether oxygens (including phenoxy) is 1. The Labute approximate surface area is 189 Å². The van der Waals surface area contributed by atoms with Gasteiger partial charge in [-0.25, -0.2) is 9.96 Å². The van der Waals surface area contributed by atoms with Crippen molar-refractivity contribution in [3.8, 4) is 11.5 Å². The molecule has 2 saturated heterocycles. The first-order chi connectivity index (χ1) is 15.5. The molecule has 3 aromatic rings. The number of para-hydroxylation sites is 2. The summed E-state index contributed by atoms with van der Waals surface area (Å²) in [5, 5.41) is 11.9. The maximum Gasteiger partial charge on any atom is 0.266 e. The van der Waals surface area contributed by atoms with Gasteiger partial charge in [-0.2, -0.15) is 0 Å². The number of fused-ring (bicyclic) bond motifs is 1. The second kappa shape index (κ2) is 7.85. The third-order valence-electron chi connectivity index (χ3n) is 5.76. The number of hydrogen-bond donors (Lipinski definition) is 1. The van der Waals surface area contributed by atoms with Gasteiger partial charge in [-0.3, -0.25) is 14.4 Å². The number of halogens is 1. The van der Waals surface area contributed by atoms with Crippen molar-refractivity contribution in [1.29, 1.82) is 0 Å². The zero-order chi connectivity index (χ0) is 22.4. The number of nitrogens with zero attached hydrogens (tertiary/aromatic N) is 2. The first kappa shape index (κ1) is 20.4. The Morgan fingerprint density at radius 2 is 1.62 bits per heavy atom. The molecular weight excluding hydrogens is 432 g/mol. The van der Waals surface area contributed by atoms with Crippen LogP contribution in [-0.4, -0.2) is 30.1 Å². The molecule has 1 N–H and O–H groups in total. The number of methoxy groups -OCH3 is 1. The first-order valence-corrected chi connectivity index (χ1v) is 10.4. The summed E-state index contributed by atoms with van der Waals surface area (Å²) in [7, 11) is 1.49. The summed E-state index contributed by atoms with van der Waals surface area (Å²) >= 11 is 6.03. The minimum atomic E-state index is -0.998. The van der Waals surface area contributed by atoms with Crippen molar-refractivity contribution in [2.75, 3.05) is 17.1 Å². The number of carbonyl (C=O) groups excluding carboxylic acids is 2. The maximum atomic E-state index is 13.6. The van der Waals surface area contributed by atoms with E-state index in [1.807, 2.05) is 0 Å². The molecule has 3 atom stereocenters. The van der Waals surface area contributed by atoms with E-state index in [9.17, 15) is 14.7 Å². The molecule has 2 fully saturated rings. The highest BCUT2D eigenvalue weighted by Crippen LogP contribution is 2.48. The largest absolute Gasteiger partial charge is 0.508 e. The van der Waals surface area contributed by atoms with Crippen LogP contribution in [0.3, 0.4) is 0 Å². The van der Waals surface area contributed by atoms with E-state index in [0.717, 1.165) is 10.5 Å². The zero-order valence-electron chi connectivity index (χ0n) is 17.0. The van der Waals surface area contributed by atoms with Gasteiger partial charge in [0.05, 0.1) is 24.5 Å². The number of imide groups is 1. The van der Waals surface area contributed by atoms with Gasteiger partial charge >= 0.3 is 0 Å². The van der Waals surface area contributed by atoms with Crippen molar-refractivity contribution in [1.82, 2.24) is 0 Å². The normalized spacial score (nSPS) is 22.4. The minimum Gasteiger partial charge on any atom is -0.508 e. The van der Waals surface area contributed by atoms with Crippen LogP contribution in [0.4, 0.5) is 11.4 Å². The predicted molar refractivity (Wildman–Crippen MR) is 119 cm³/mol. The minimum absolute atomic E-state index is 0.103. The zero-order valence-corrected chi connectivity index (χ0v) is 17.8. The fourth-order valence-corrected chi connectivity index (χ4v) is 4.41. The molecule has 5 rings (SSSR count). The van der Waals surface area contributed by atoms with Crippen molar-refractivity contribution < 1.29 is 24.3 Å². The van der Waals surface area contributed by atoms with Crippen molar-refractivity contribution in [2.45, 2.75) is 12.1 Å². The van der Waals surface area contributed by atoms with E-state index in [4.69, 9.17) is 21.2 Å². The molecule has 0 spiro atoms. The number of phenols is 1. The van der Waals surface area contributed by atoms with Crippen molar-refractivity contribution in [2.24, 2.45) is 5.92 Å². The lowest BCUT2D eigenvalue weighted by atomic mass is 9.90. The summed E-state index contributed by atoms with van der Waals surface area (Å²) in [4.78, 5) is 34.2. The van der Waals surface area contributed by atoms with Gasteiger partial charge in [-0.05, 0) is 54.1 Å². The van der Waals surface area contributed by atoms with Crippen LogP contribution < -0.4 is 14.7 Å². The van der Waals surface area contributed by atoms with Crippen LogP contribution in [0.1, 0.15) is 11.6 Å². The average molecular weight is 451 g/mol. The van der Waals surface area contributed by atoms with E-state index < -0.39 is 24.0 Å². The van der Waals surface area contributed by atoms with Crippen molar-refractivity contribution in [3.63, 3.8) is 0 Å². The fraction of sp³-hybridized carbons (Fsp3) is 0.167. The number of hydroxylamine groups is 1. The van der Waals surface area contributed by atoms with Crippen LogP contribution in [0.15, 0.2) is 72.8 Å². The number of aromatic hydroxyl groups is 1. The Hall–Kier alpha value is -3.55. The summed E-state index contributed by atoms with van der Waals surface area (Å²) in [6.45, 7) is 0. The van der Waals surface area contributed by atoms with Gasteiger partial charge in [0, 0.05) is 5.02 Å². The van der Waals surface area contributed by atoms with E-state index in [0.29, 0.717) is 22.1 Å². The molecule has 3 aromatic carbocycles. The second-order valence-corrected chi connectivity index (χ2v) is 8.01. The summed E-state index contributed by atoms with van der Waals surface area (Å²) < 4.78 is 5.37. The standard InChI is InChI=1S/C24H19ClN2O5/c1-31-19-5-3-2-4-18(19)26-23(29)20-21(14-6-12-17(28)13-7-14)27(32-22(20)24(26)30)16-10-8-15(25)9-11-16/h2-13,20-22,28H,1H3/t20-,21+,22+/m0/s1. The number of carbonyl (C=O) groups is 2. The summed E-state index contributed by atoms with van der Waals surface area (Å²) in [5.74, 6) is -1.09. The van der Waals surface area contributed by atoms with Gasteiger partial charge in [-0.1, -0.05) is 35.9 Å². The average Bonchev–Trinajstić information content (AvgIpc) is 3.31. The Kier molecular flexibility index (Phi) is 5.00. The molecule has 2 heterocycles. The summed E-state index contributed by atoms with van der Waals surface area (Å²) in [5.41, 5.74) is 1.77. The third-order valence-corrected chi connectivity index (χ3v) is 6.01. The fourth-order valence-electron chi connectivity index (χ4n) is 4.29. The molecule has 0 bridgehead atoms. The molecule has 0 radical (unpaired) electrons. The van der Waals surface area contributed by atoms with E-state index in [1.54, 1.807) is 77.9 Å². The van der Waals surface area contributed by atoms with Gasteiger partial charge in [0.2, 0.25) is 5.91 Å². The highest BCUT2D eigenvalue weighted by molar-refractivity contribution is 6.30. The molecular formula is C24H19ClN2O5. The Bertz CT molecular complexity index is 1180. The number of anilines is 2. The highest BCUT2D eigenvalue weighted by atomic mass is 35.5. The predicted octanol–water partition coefficient (Wildman–Crippen LogP) is 4.11. The van der Waals surface area contributed by atoms with E-state index in [-0.39, 0.29) is 11.7 Å². The van der Waals surface area contributed by atoms with Crippen LogP contribution in [0, 0.1) is 5.92 Å². The highest BCUT2D eigenvalue weighted by Gasteiger charge is 2.60. The maximum absolute atomic E-state index is 13.6. The number of rotatable bonds is 4. The van der Waals surface area contributed by atoms with E-state index >= 15 is 0 Å². The van der Waals surface area contributed by atoms with Crippen LogP contribution >= 0.6 is 11.6 Å². The van der Waals surface area contributed by atoms with Crippen LogP contribution in [0.5, 0.6) is 11.5 Å². The van der Waals surface area contributed by atoms with Crippen LogP contribution in [0.25, 0.3) is 0 Å². The Morgan fingerprint density at radius 1 is 0.938 bits per heavy atom. The van der Waals surface area contributed by atoms with Crippen molar-refractivity contribution in [3.05, 3.63) is 83.4 Å². The van der Waals surface area contributed by atoms with Gasteiger partial charge in [-0.15, -0.1) is 0 Å². The lowest BCUT2D eigenvalue weighted by Crippen LogP contribution is -2.37. The topological polar surface area (TPSA) is 79.3 Å². The van der Waals surface area contributed by atoms with Gasteiger partial charge < -0.3 is 9.84 Å². The number of benzene rings is 3. The first-order valence-electron chi connectivity index (χ1n) is 10.0. The lowest BCUT2D eigenvalue weighted by molar-refractivity contribution is -0.126. The van der Waals surface area contributed by atoms with Gasteiger partial charge in [0.15, 0.2) is 6.10 Å². The third kappa shape index (κ3) is 3.18. The molecule has 0 saturated carbocycles. The van der Waals surface area contributed by atoms with E-state index in [2.05, 4.69) is 0 Å². The van der Waals surface area contributed by atoms with Gasteiger partial charge in [0.25, 0.3) is 5.91 Å². The number of phenolic OH excluding ortho intramolecular Hbond substituents is 1. The van der Waals surface area contributed by atoms with Crippen LogP contribution in [0.2, 0.25) is 5.02 Å². The molecule has 8 heteroatoms. The SMILES string of the molecule is COc1ccccc1N1C(=O)[C@H]2[C@@H](c3ccc(O)cc3)N(c3ccc(Cl)cc3)O[C@H]2C1=O. The summed E-state index contributed by atoms with van der Waals surface area (Å²) in [6.07, 6.45) is -0.998. The molecule has 2 aliphatic rings.